The maximum Gasteiger partial charge on any atom is 0.341 e. The molecular formula is C23H29FN4O5S3. The second-order valence-corrected chi connectivity index (χ2v) is 11.3. The monoisotopic (exact) mass is 556 g/mol. The van der Waals surface area contributed by atoms with Gasteiger partial charge in [-0.2, -0.15) is 4.31 Å². The lowest BCUT2D eigenvalue weighted by molar-refractivity contribution is 0.0601. The maximum absolute atomic E-state index is 13.2. The zero-order valence-corrected chi connectivity index (χ0v) is 23.0. The van der Waals surface area contributed by atoms with Crippen LogP contribution in [-0.4, -0.2) is 85.9 Å². The van der Waals surface area contributed by atoms with Gasteiger partial charge in [0.15, 0.2) is 5.11 Å². The average Bonchev–Trinajstić information content (AvgIpc) is 3.19. The number of sulfonamides is 1. The first-order chi connectivity index (χ1) is 17.0. The Hall–Kier alpha value is -2.61. The van der Waals surface area contributed by atoms with Crippen molar-refractivity contribution in [2.24, 2.45) is 0 Å². The smallest absolute Gasteiger partial charge is 0.341 e. The molecule has 0 unspecified atom stereocenters. The molecule has 1 aliphatic heterocycles. The van der Waals surface area contributed by atoms with Gasteiger partial charge in [0.25, 0.3) is 5.91 Å². The Morgan fingerprint density at radius 1 is 1.14 bits per heavy atom. The van der Waals surface area contributed by atoms with E-state index in [4.69, 9.17) is 17.0 Å². The molecule has 196 valence electrons. The molecule has 0 atom stereocenters. The van der Waals surface area contributed by atoms with Gasteiger partial charge in [-0.25, -0.2) is 17.6 Å². The number of carbonyl (C=O) groups is 2. The highest BCUT2D eigenvalue weighted by Crippen LogP contribution is 2.35. The summed E-state index contributed by atoms with van der Waals surface area (Å²) in [6.07, 6.45) is 0. The number of thiocarbonyl (C=S) groups is 1. The molecule has 1 aromatic carbocycles. The number of amides is 1. The molecule has 9 nitrogen and oxygen atoms in total. The van der Waals surface area contributed by atoms with Crippen molar-refractivity contribution < 1.29 is 27.1 Å². The molecule has 1 aromatic heterocycles. The quantitative estimate of drug-likeness (QED) is 0.410. The van der Waals surface area contributed by atoms with E-state index in [-0.39, 0.29) is 29.5 Å². The third-order valence-corrected chi connectivity index (χ3v) is 9.45. The van der Waals surface area contributed by atoms with E-state index in [2.05, 4.69) is 5.32 Å². The molecule has 0 spiro atoms. The largest absolute Gasteiger partial charge is 0.465 e. The van der Waals surface area contributed by atoms with Crippen LogP contribution in [-0.2, 0) is 14.8 Å². The lowest BCUT2D eigenvalue weighted by Crippen LogP contribution is -2.51. The summed E-state index contributed by atoms with van der Waals surface area (Å²) in [5.41, 5.74) is 0.766. The fourth-order valence-electron chi connectivity index (χ4n) is 3.87. The van der Waals surface area contributed by atoms with Crippen LogP contribution in [0.5, 0.6) is 0 Å². The third-order valence-electron chi connectivity index (χ3n) is 5.98. The van der Waals surface area contributed by atoms with Crippen molar-refractivity contribution in [3.63, 3.8) is 0 Å². The van der Waals surface area contributed by atoms with Crippen molar-refractivity contribution in [1.82, 2.24) is 14.1 Å². The highest BCUT2D eigenvalue weighted by molar-refractivity contribution is 7.89. The summed E-state index contributed by atoms with van der Waals surface area (Å²) < 4.78 is 45.2. The van der Waals surface area contributed by atoms with E-state index in [0.717, 1.165) is 23.5 Å². The van der Waals surface area contributed by atoms with Crippen LogP contribution in [0.1, 0.15) is 39.4 Å². The second-order valence-electron chi connectivity index (χ2n) is 8.00. The number of hydrogen-bond donors (Lipinski definition) is 1. The molecule has 2 heterocycles. The minimum absolute atomic E-state index is 0.0280. The molecule has 1 N–H and O–H groups in total. The van der Waals surface area contributed by atoms with Crippen LogP contribution in [0.25, 0.3) is 0 Å². The van der Waals surface area contributed by atoms with Gasteiger partial charge in [-0.15, -0.1) is 11.3 Å². The lowest BCUT2D eigenvalue weighted by atomic mass is 10.1. The van der Waals surface area contributed by atoms with Crippen LogP contribution in [0.3, 0.4) is 0 Å². The van der Waals surface area contributed by atoms with E-state index in [1.807, 2.05) is 13.8 Å². The molecule has 0 aliphatic carbocycles. The normalized spacial score (nSPS) is 14.4. The molecule has 1 saturated heterocycles. The van der Waals surface area contributed by atoms with Gasteiger partial charge < -0.3 is 19.9 Å². The topological polar surface area (TPSA) is 99.3 Å². The number of ether oxygens (including phenoxy) is 1. The van der Waals surface area contributed by atoms with Crippen LogP contribution >= 0.6 is 23.6 Å². The molecular weight excluding hydrogens is 527 g/mol. The molecule has 13 heteroatoms. The standard InChI is InChI=1S/C23H29FN4O5S3/c1-5-26(6-2)21(29)19-15(3)18(22(30)33-4)20(35-19)25-23(34)27-11-13-28(14-12-27)36(31,32)17-9-7-16(24)8-10-17/h7-10H,5-6,11-14H2,1-4H3,(H,25,34). The number of rotatable bonds is 7. The number of nitrogens with one attached hydrogen (secondary N) is 1. The number of anilines is 1. The van der Waals surface area contributed by atoms with Gasteiger partial charge in [-0.1, -0.05) is 0 Å². The summed E-state index contributed by atoms with van der Waals surface area (Å²) in [6.45, 7) is 7.53. The molecule has 3 rings (SSSR count). The number of hydrogen-bond acceptors (Lipinski definition) is 7. The molecule has 1 fully saturated rings. The molecule has 2 aromatic rings. The van der Waals surface area contributed by atoms with Gasteiger partial charge in [0.1, 0.15) is 10.8 Å². The lowest BCUT2D eigenvalue weighted by Gasteiger charge is -2.35. The number of nitrogens with zero attached hydrogens (tertiary/aromatic N) is 3. The fraction of sp³-hybridized carbons (Fsp3) is 0.435. The summed E-state index contributed by atoms with van der Waals surface area (Å²) in [6, 6.07) is 4.72. The van der Waals surface area contributed by atoms with Gasteiger partial charge >= 0.3 is 5.97 Å². The van der Waals surface area contributed by atoms with Crippen molar-refractivity contribution in [3.8, 4) is 0 Å². The maximum atomic E-state index is 13.2. The number of piperazine rings is 1. The predicted octanol–water partition coefficient (Wildman–Crippen LogP) is 3.17. The minimum atomic E-state index is -3.76. The number of carbonyl (C=O) groups excluding carboxylic acids is 2. The summed E-state index contributed by atoms with van der Waals surface area (Å²) in [7, 11) is -2.49. The van der Waals surface area contributed by atoms with Crippen LogP contribution < -0.4 is 5.32 Å². The summed E-state index contributed by atoms with van der Waals surface area (Å²) in [5, 5.41) is 3.78. The second kappa shape index (κ2) is 11.6. The number of benzene rings is 1. The predicted molar refractivity (Wildman–Crippen MR) is 141 cm³/mol. The van der Waals surface area contributed by atoms with Gasteiger partial charge in [0.05, 0.1) is 22.4 Å². The SMILES string of the molecule is CCN(CC)C(=O)c1sc(NC(=S)N2CCN(S(=O)(=O)c3ccc(F)cc3)CC2)c(C(=O)OC)c1C. The third kappa shape index (κ3) is 5.69. The molecule has 1 amide bonds. The number of thiophene rings is 1. The van der Waals surface area contributed by atoms with Crippen molar-refractivity contribution in [2.75, 3.05) is 51.7 Å². The van der Waals surface area contributed by atoms with E-state index >= 15 is 0 Å². The number of methoxy groups -OCH3 is 1. The Balaban J connectivity index is 1.75. The Bertz CT molecular complexity index is 1240. The molecule has 0 saturated carbocycles. The highest BCUT2D eigenvalue weighted by atomic mass is 32.2. The van der Waals surface area contributed by atoms with Crippen LogP contribution in [0.4, 0.5) is 9.39 Å². The first-order valence-electron chi connectivity index (χ1n) is 11.4. The van der Waals surface area contributed by atoms with Gasteiger partial charge in [-0.05, 0) is 62.8 Å². The van der Waals surface area contributed by atoms with E-state index < -0.39 is 21.8 Å². The first-order valence-corrected chi connectivity index (χ1v) is 14.0. The van der Waals surface area contributed by atoms with Gasteiger partial charge in [0.2, 0.25) is 10.0 Å². The Labute approximate surface area is 219 Å². The summed E-state index contributed by atoms with van der Waals surface area (Å²) in [4.78, 5) is 29.4. The Morgan fingerprint density at radius 2 is 1.72 bits per heavy atom. The summed E-state index contributed by atoms with van der Waals surface area (Å²) >= 11 is 6.70. The number of esters is 1. The van der Waals surface area contributed by atoms with E-state index in [9.17, 15) is 22.4 Å². The Kier molecular flexibility index (Phi) is 9.03. The van der Waals surface area contributed by atoms with E-state index in [1.54, 1.807) is 16.7 Å². The van der Waals surface area contributed by atoms with Crippen LogP contribution in [0.2, 0.25) is 0 Å². The van der Waals surface area contributed by atoms with Crippen molar-refractivity contribution >= 4 is 55.6 Å². The fourth-order valence-corrected chi connectivity index (χ4v) is 6.80. The van der Waals surface area contributed by atoms with Gasteiger partial charge in [0, 0.05) is 39.3 Å². The van der Waals surface area contributed by atoms with Crippen LogP contribution in [0, 0.1) is 12.7 Å². The number of halogens is 1. The van der Waals surface area contributed by atoms with Gasteiger partial charge in [-0.3, -0.25) is 4.79 Å². The van der Waals surface area contributed by atoms with Crippen molar-refractivity contribution in [3.05, 3.63) is 46.1 Å². The average molecular weight is 557 g/mol. The summed E-state index contributed by atoms with van der Waals surface area (Å²) in [5.74, 6) is -1.26. The van der Waals surface area contributed by atoms with E-state index in [1.165, 1.54) is 23.5 Å². The van der Waals surface area contributed by atoms with E-state index in [0.29, 0.717) is 46.7 Å². The molecule has 36 heavy (non-hydrogen) atoms. The van der Waals surface area contributed by atoms with Crippen LogP contribution in [0.15, 0.2) is 29.2 Å². The first kappa shape index (κ1) is 28.0. The van der Waals surface area contributed by atoms with Crippen molar-refractivity contribution in [2.45, 2.75) is 25.7 Å². The highest BCUT2D eigenvalue weighted by Gasteiger charge is 2.31. The van der Waals surface area contributed by atoms with Crippen molar-refractivity contribution in [1.29, 1.82) is 0 Å². The molecule has 1 aliphatic rings. The zero-order chi connectivity index (χ0) is 26.6. The Morgan fingerprint density at radius 3 is 2.25 bits per heavy atom. The molecule has 0 radical (unpaired) electrons. The zero-order valence-electron chi connectivity index (χ0n) is 20.5. The molecule has 0 bridgehead atoms. The minimum Gasteiger partial charge on any atom is -0.465 e.